The van der Waals surface area contributed by atoms with E-state index in [-0.39, 0.29) is 0 Å². The van der Waals surface area contributed by atoms with Crippen LogP contribution in [0.4, 0.5) is 0 Å². The number of carboxylic acid groups (broad SMARTS) is 2. The smallest absolute Gasteiger partial charge is 0.329 e. The number of rotatable bonds is 4. The number of benzene rings is 1. The van der Waals surface area contributed by atoms with Crippen LogP contribution in [0.25, 0.3) is 0 Å². The Morgan fingerprint density at radius 1 is 1.18 bits per heavy atom. The summed E-state index contributed by atoms with van der Waals surface area (Å²) in [6.07, 6.45) is 0.385. The van der Waals surface area contributed by atoms with Crippen LogP contribution in [-0.4, -0.2) is 39.9 Å². The molecule has 1 aromatic carbocycles. The van der Waals surface area contributed by atoms with Crippen LogP contribution >= 0.6 is 0 Å². The van der Waals surface area contributed by atoms with Crippen LogP contribution in [0, 0.1) is 0 Å². The highest BCUT2D eigenvalue weighted by Crippen LogP contribution is 2.01. The predicted molar refractivity (Wildman–Crippen MR) is 60.5 cm³/mol. The zero-order valence-electron chi connectivity index (χ0n) is 9.11. The first-order valence-electron chi connectivity index (χ1n) is 4.82. The van der Waals surface area contributed by atoms with Crippen molar-refractivity contribution in [2.75, 3.05) is 6.61 Å². The van der Waals surface area contributed by atoms with Crippen molar-refractivity contribution in [2.24, 2.45) is 5.73 Å². The fourth-order valence-corrected chi connectivity index (χ4v) is 0.955. The Kier molecular flexibility index (Phi) is 7.32. The summed E-state index contributed by atoms with van der Waals surface area (Å²) in [7, 11) is 0. The fraction of sp³-hybridized carbons (Fsp3) is 0.273. The third kappa shape index (κ3) is 7.95. The van der Waals surface area contributed by atoms with E-state index in [1.54, 1.807) is 0 Å². The quantitative estimate of drug-likeness (QED) is 0.574. The molecule has 1 atom stereocenters. The van der Waals surface area contributed by atoms with Crippen molar-refractivity contribution in [3.63, 3.8) is 0 Å². The van der Waals surface area contributed by atoms with Crippen LogP contribution in [-0.2, 0) is 16.0 Å². The maximum atomic E-state index is 10.4. The van der Waals surface area contributed by atoms with Gasteiger partial charge >= 0.3 is 11.9 Å². The Hall–Kier alpha value is -1.92. The monoisotopic (exact) mass is 241 g/mol. The van der Waals surface area contributed by atoms with Crippen molar-refractivity contribution < 1.29 is 24.9 Å². The lowest BCUT2D eigenvalue weighted by Gasteiger charge is -2.04. The number of aliphatic carboxylic acids is 2. The minimum absolute atomic E-state index is 0.385. The van der Waals surface area contributed by atoms with Gasteiger partial charge in [-0.15, -0.1) is 0 Å². The van der Waals surface area contributed by atoms with E-state index in [9.17, 15) is 4.79 Å². The third-order valence-corrected chi connectivity index (χ3v) is 1.75. The van der Waals surface area contributed by atoms with Gasteiger partial charge in [0.25, 0.3) is 0 Å². The van der Waals surface area contributed by atoms with Crippen molar-refractivity contribution in [1.82, 2.24) is 0 Å². The van der Waals surface area contributed by atoms with Crippen molar-refractivity contribution in [3.8, 4) is 0 Å². The predicted octanol–water partition coefficient (Wildman–Crippen LogP) is -0.296. The van der Waals surface area contributed by atoms with Gasteiger partial charge in [-0.1, -0.05) is 30.3 Å². The molecule has 0 saturated carbocycles. The molecule has 0 radical (unpaired) electrons. The van der Waals surface area contributed by atoms with E-state index >= 15 is 0 Å². The molecular weight excluding hydrogens is 226 g/mol. The number of aliphatic hydroxyl groups is 1. The first-order chi connectivity index (χ1) is 7.97. The molecule has 0 aromatic heterocycles. The second-order valence-electron chi connectivity index (χ2n) is 3.19. The fourth-order valence-electron chi connectivity index (χ4n) is 0.955. The number of carboxylic acids is 2. The summed E-state index contributed by atoms with van der Waals surface area (Å²) in [4.78, 5) is 19.5. The van der Waals surface area contributed by atoms with Crippen molar-refractivity contribution in [2.45, 2.75) is 12.5 Å². The summed E-state index contributed by atoms with van der Waals surface area (Å²) >= 11 is 0. The zero-order valence-corrected chi connectivity index (χ0v) is 9.11. The van der Waals surface area contributed by atoms with Crippen LogP contribution in [0.5, 0.6) is 0 Å². The van der Waals surface area contributed by atoms with Gasteiger partial charge in [-0.05, 0) is 12.0 Å². The number of hydrogen-bond donors (Lipinski definition) is 4. The molecule has 6 heteroatoms. The van der Waals surface area contributed by atoms with Gasteiger partial charge in [0.05, 0.1) is 0 Å². The number of carbonyl (C=O) groups is 2. The molecule has 0 aliphatic heterocycles. The molecule has 94 valence electrons. The third-order valence-electron chi connectivity index (χ3n) is 1.75. The molecule has 0 saturated heterocycles. The van der Waals surface area contributed by atoms with Gasteiger partial charge in [0.2, 0.25) is 0 Å². The van der Waals surface area contributed by atoms with Gasteiger partial charge < -0.3 is 21.1 Å². The minimum Gasteiger partial charge on any atom is -0.480 e. The average molecular weight is 241 g/mol. The van der Waals surface area contributed by atoms with Crippen LogP contribution in [0.1, 0.15) is 5.56 Å². The van der Waals surface area contributed by atoms with Crippen LogP contribution < -0.4 is 5.73 Å². The Morgan fingerprint density at radius 3 is 2.00 bits per heavy atom. The lowest BCUT2D eigenvalue weighted by Crippen LogP contribution is -2.32. The summed E-state index contributed by atoms with van der Waals surface area (Å²) in [6, 6.07) is 8.54. The molecule has 0 spiro atoms. The van der Waals surface area contributed by atoms with E-state index in [2.05, 4.69) is 0 Å². The second-order valence-corrected chi connectivity index (χ2v) is 3.19. The topological polar surface area (TPSA) is 121 Å². The highest BCUT2D eigenvalue weighted by molar-refractivity contribution is 5.73. The Bertz CT molecular complexity index is 352. The first kappa shape index (κ1) is 15.1. The van der Waals surface area contributed by atoms with E-state index in [0.717, 1.165) is 5.56 Å². The van der Waals surface area contributed by atoms with E-state index < -0.39 is 24.6 Å². The Labute approximate surface area is 98.3 Å². The lowest BCUT2D eigenvalue weighted by molar-refractivity contribution is -0.140. The molecule has 0 amide bonds. The summed E-state index contributed by atoms with van der Waals surface area (Å²) in [5.74, 6) is -2.15. The van der Waals surface area contributed by atoms with Crippen LogP contribution in [0.15, 0.2) is 30.3 Å². The molecule has 0 aliphatic rings. The molecule has 1 rings (SSSR count). The highest BCUT2D eigenvalue weighted by Gasteiger charge is 2.10. The van der Waals surface area contributed by atoms with E-state index in [4.69, 9.17) is 25.8 Å². The van der Waals surface area contributed by atoms with Crippen molar-refractivity contribution >= 4 is 11.9 Å². The largest absolute Gasteiger partial charge is 0.480 e. The molecule has 1 aromatic rings. The van der Waals surface area contributed by atoms with Gasteiger partial charge in [-0.3, -0.25) is 4.79 Å². The summed E-state index contributed by atoms with van der Waals surface area (Å²) in [5, 5.41) is 23.5. The van der Waals surface area contributed by atoms with E-state index in [1.165, 1.54) is 0 Å². The molecule has 0 heterocycles. The first-order valence-corrected chi connectivity index (χ1v) is 4.82. The zero-order chi connectivity index (χ0) is 13.3. The molecule has 5 N–H and O–H groups in total. The average Bonchev–Trinajstić information content (AvgIpc) is 2.31. The maximum absolute atomic E-state index is 10.4. The van der Waals surface area contributed by atoms with Gasteiger partial charge in [-0.2, -0.15) is 0 Å². The number of aliphatic hydroxyl groups excluding tert-OH is 1. The number of nitrogens with two attached hydrogens (primary N) is 1. The molecule has 0 fully saturated rings. The Balaban J connectivity index is 0.000000437. The van der Waals surface area contributed by atoms with Gasteiger partial charge in [0.1, 0.15) is 12.6 Å². The van der Waals surface area contributed by atoms with Gasteiger partial charge in [0, 0.05) is 0 Å². The summed E-state index contributed by atoms with van der Waals surface area (Å²) in [5.41, 5.74) is 6.30. The normalized spacial score (nSPS) is 10.9. The van der Waals surface area contributed by atoms with Crippen LogP contribution in [0.3, 0.4) is 0 Å². The summed E-state index contributed by atoms with van der Waals surface area (Å²) < 4.78 is 0. The molecular formula is C11H15NO5. The maximum Gasteiger partial charge on any atom is 0.329 e. The lowest BCUT2D eigenvalue weighted by atomic mass is 10.1. The second kappa shape index (κ2) is 8.26. The standard InChI is InChI=1S/C9H11NO2.C2H4O3/c10-8(9(11)12)6-7-4-2-1-3-5-7;3-1-2(4)5/h1-5,8H,6,10H2,(H,11,12);3H,1H2,(H,4,5). The number of hydrogen-bond acceptors (Lipinski definition) is 4. The van der Waals surface area contributed by atoms with Crippen molar-refractivity contribution in [1.29, 1.82) is 0 Å². The minimum atomic E-state index is -1.19. The SMILES string of the molecule is NC(Cc1ccccc1)C(=O)O.O=C(O)CO. The molecule has 1 unspecified atom stereocenters. The molecule has 0 aliphatic carbocycles. The van der Waals surface area contributed by atoms with Gasteiger partial charge in [-0.25, -0.2) is 4.79 Å². The summed E-state index contributed by atoms with van der Waals surface area (Å²) in [6.45, 7) is -0.778. The van der Waals surface area contributed by atoms with Gasteiger partial charge in [0.15, 0.2) is 0 Å². The molecule has 0 bridgehead atoms. The van der Waals surface area contributed by atoms with Crippen molar-refractivity contribution in [3.05, 3.63) is 35.9 Å². The van der Waals surface area contributed by atoms with Crippen LogP contribution in [0.2, 0.25) is 0 Å². The Morgan fingerprint density at radius 2 is 1.65 bits per heavy atom. The van der Waals surface area contributed by atoms with E-state index in [0.29, 0.717) is 6.42 Å². The van der Waals surface area contributed by atoms with E-state index in [1.807, 2.05) is 30.3 Å². The molecule has 6 nitrogen and oxygen atoms in total. The highest BCUT2D eigenvalue weighted by atomic mass is 16.4. The molecule has 17 heavy (non-hydrogen) atoms.